The maximum atomic E-state index is 12.2. The van der Waals surface area contributed by atoms with E-state index < -0.39 is 55.4 Å². The van der Waals surface area contributed by atoms with E-state index in [0.717, 1.165) is 0 Å². The van der Waals surface area contributed by atoms with Gasteiger partial charge in [0.15, 0.2) is 0 Å². The molecular weight excluding hydrogens is 388 g/mol. The molecule has 0 saturated heterocycles. The highest BCUT2D eigenvalue weighted by Gasteiger charge is 2.53. The summed E-state index contributed by atoms with van der Waals surface area (Å²) in [5.74, 6) is -1.93. The lowest BCUT2D eigenvalue weighted by atomic mass is 9.83. The van der Waals surface area contributed by atoms with Crippen molar-refractivity contribution in [1.82, 2.24) is 0 Å². The van der Waals surface area contributed by atoms with E-state index in [-0.39, 0.29) is 17.6 Å². The normalized spacial score (nSPS) is 38.7. The van der Waals surface area contributed by atoms with Crippen LogP contribution in [0.5, 0.6) is 0 Å². The summed E-state index contributed by atoms with van der Waals surface area (Å²) in [7, 11) is 1.26. The first-order valence-electron chi connectivity index (χ1n) is 9.37. The summed E-state index contributed by atoms with van der Waals surface area (Å²) in [6, 6.07) is 0. The summed E-state index contributed by atoms with van der Waals surface area (Å²) < 4.78 is 27.0. The van der Waals surface area contributed by atoms with Crippen LogP contribution >= 0.6 is 0 Å². The van der Waals surface area contributed by atoms with Gasteiger partial charge in [-0.3, -0.25) is 9.53 Å². The van der Waals surface area contributed by atoms with E-state index in [1.54, 1.807) is 0 Å². The molecule has 0 spiro atoms. The van der Waals surface area contributed by atoms with Crippen LogP contribution in [0.3, 0.4) is 0 Å². The molecule has 3 rings (SSSR count). The topological polar surface area (TPSA) is 141 Å². The van der Waals surface area contributed by atoms with Gasteiger partial charge in [-0.2, -0.15) is 0 Å². The molecule has 0 unspecified atom stereocenters. The van der Waals surface area contributed by atoms with E-state index in [4.69, 9.17) is 23.7 Å². The number of aliphatic hydroxyl groups is 3. The Hall–Kier alpha value is -2.14. The largest absolute Gasteiger partial charge is 0.472 e. The standard InChI is InChI=1S/C19H26O10/c1-8-14(27-9(2)21)5-11-12(17(24)25-3)7-26-18(15(8)11)29-19-16(23)13(22)4-10(6-20)28-19/h4,7-8,11,13-16,18-20,22-23H,5-6H2,1-3H3/t8-,11+,13-,14-,15+,16+,18-,19-/m0/s1. The molecule has 0 aromatic heterocycles. The number of esters is 2. The van der Waals surface area contributed by atoms with E-state index in [1.165, 1.54) is 26.4 Å². The molecule has 3 aliphatic rings. The second-order valence-corrected chi connectivity index (χ2v) is 7.39. The van der Waals surface area contributed by atoms with Crippen molar-refractivity contribution in [2.45, 2.75) is 51.2 Å². The van der Waals surface area contributed by atoms with E-state index in [9.17, 15) is 24.9 Å². The summed E-state index contributed by atoms with van der Waals surface area (Å²) in [5, 5.41) is 29.4. The molecule has 0 aromatic rings. The number of carbonyl (C=O) groups is 2. The number of hydrogen-bond donors (Lipinski definition) is 3. The van der Waals surface area contributed by atoms with Gasteiger partial charge in [0, 0.05) is 24.7 Å². The monoisotopic (exact) mass is 414 g/mol. The minimum Gasteiger partial charge on any atom is -0.472 e. The van der Waals surface area contributed by atoms with E-state index in [2.05, 4.69) is 0 Å². The first kappa shape index (κ1) is 21.6. The Bertz CT molecular complexity index is 701. The van der Waals surface area contributed by atoms with Crippen LogP contribution in [0.25, 0.3) is 0 Å². The highest BCUT2D eigenvalue weighted by Crippen LogP contribution is 2.48. The highest BCUT2D eigenvalue weighted by atomic mass is 16.8. The van der Waals surface area contributed by atoms with Crippen molar-refractivity contribution < 1.29 is 48.6 Å². The van der Waals surface area contributed by atoms with Crippen molar-refractivity contribution in [3.05, 3.63) is 23.7 Å². The Morgan fingerprint density at radius 3 is 2.62 bits per heavy atom. The zero-order chi connectivity index (χ0) is 21.3. The van der Waals surface area contributed by atoms with Crippen molar-refractivity contribution >= 4 is 11.9 Å². The van der Waals surface area contributed by atoms with Crippen molar-refractivity contribution in [2.75, 3.05) is 13.7 Å². The number of rotatable bonds is 5. The van der Waals surface area contributed by atoms with Gasteiger partial charge in [-0.15, -0.1) is 0 Å². The van der Waals surface area contributed by atoms with Gasteiger partial charge >= 0.3 is 11.9 Å². The lowest BCUT2D eigenvalue weighted by Gasteiger charge is -2.39. The van der Waals surface area contributed by atoms with Gasteiger partial charge in [-0.25, -0.2) is 4.79 Å². The average molecular weight is 414 g/mol. The SMILES string of the molecule is COC(=O)C1=CO[C@@H](O[C@@H]2OC(CO)=C[C@H](O)[C@H]2O)[C@@H]2[C@@H](C)[C@@H](OC(C)=O)C[C@H]12. The lowest BCUT2D eigenvalue weighted by molar-refractivity contribution is -0.287. The number of hydrogen-bond acceptors (Lipinski definition) is 10. The number of fused-ring (bicyclic) bond motifs is 1. The van der Waals surface area contributed by atoms with Crippen LogP contribution in [0, 0.1) is 17.8 Å². The van der Waals surface area contributed by atoms with Crippen LogP contribution in [0.2, 0.25) is 0 Å². The predicted octanol–water partition coefficient (Wildman–Crippen LogP) is -0.426. The molecule has 0 bridgehead atoms. The third-order valence-electron chi connectivity index (χ3n) is 5.60. The smallest absolute Gasteiger partial charge is 0.337 e. The first-order valence-corrected chi connectivity index (χ1v) is 9.37. The zero-order valence-corrected chi connectivity index (χ0v) is 16.4. The molecule has 0 radical (unpaired) electrons. The lowest BCUT2D eigenvalue weighted by Crippen LogP contribution is -2.48. The third kappa shape index (κ3) is 4.25. The summed E-state index contributed by atoms with van der Waals surface area (Å²) in [6.07, 6.45) is -2.57. The van der Waals surface area contributed by atoms with Crippen LogP contribution in [-0.4, -0.2) is 71.9 Å². The van der Waals surface area contributed by atoms with Crippen molar-refractivity contribution in [3.8, 4) is 0 Å². The van der Waals surface area contributed by atoms with Gasteiger partial charge < -0.3 is 34.3 Å². The zero-order valence-electron chi connectivity index (χ0n) is 16.4. The molecule has 162 valence electrons. The van der Waals surface area contributed by atoms with Gasteiger partial charge in [0.1, 0.15) is 30.7 Å². The maximum absolute atomic E-state index is 12.2. The minimum absolute atomic E-state index is 0.0585. The van der Waals surface area contributed by atoms with E-state index >= 15 is 0 Å². The summed E-state index contributed by atoms with van der Waals surface area (Å²) in [6.45, 7) is 2.69. The summed E-state index contributed by atoms with van der Waals surface area (Å²) >= 11 is 0. The fourth-order valence-corrected chi connectivity index (χ4v) is 4.17. The van der Waals surface area contributed by atoms with Crippen molar-refractivity contribution in [2.24, 2.45) is 17.8 Å². The maximum Gasteiger partial charge on any atom is 0.337 e. The first-order chi connectivity index (χ1) is 13.8. The Balaban J connectivity index is 1.84. The molecule has 2 aliphatic heterocycles. The second-order valence-electron chi connectivity index (χ2n) is 7.39. The molecule has 3 N–H and O–H groups in total. The molecule has 10 nitrogen and oxygen atoms in total. The van der Waals surface area contributed by atoms with Crippen LogP contribution in [0.1, 0.15) is 20.3 Å². The molecule has 1 fully saturated rings. The molecule has 29 heavy (non-hydrogen) atoms. The number of carbonyl (C=O) groups excluding carboxylic acids is 2. The van der Waals surface area contributed by atoms with Crippen LogP contribution in [0.15, 0.2) is 23.7 Å². The Morgan fingerprint density at radius 2 is 2.00 bits per heavy atom. The van der Waals surface area contributed by atoms with Gasteiger partial charge in [0.05, 0.1) is 18.9 Å². The Labute approximate surface area is 167 Å². The quantitative estimate of drug-likeness (QED) is 0.508. The molecule has 8 atom stereocenters. The minimum atomic E-state index is -1.40. The Kier molecular flexibility index (Phi) is 6.47. The molecule has 2 heterocycles. The molecule has 10 heteroatoms. The molecule has 1 aliphatic carbocycles. The fraction of sp³-hybridized carbons (Fsp3) is 0.684. The molecule has 1 saturated carbocycles. The van der Waals surface area contributed by atoms with Gasteiger partial charge in [-0.1, -0.05) is 6.92 Å². The molecule has 0 amide bonds. The molecule has 0 aromatic carbocycles. The summed E-state index contributed by atoms with van der Waals surface area (Å²) in [5.41, 5.74) is 0.306. The van der Waals surface area contributed by atoms with Crippen LogP contribution < -0.4 is 0 Å². The fourth-order valence-electron chi connectivity index (χ4n) is 4.17. The molecular formula is C19H26O10. The highest BCUT2D eigenvalue weighted by molar-refractivity contribution is 5.89. The number of ether oxygens (including phenoxy) is 5. The Morgan fingerprint density at radius 1 is 1.28 bits per heavy atom. The second kappa shape index (κ2) is 8.70. The summed E-state index contributed by atoms with van der Waals surface area (Å²) in [4.78, 5) is 23.6. The van der Waals surface area contributed by atoms with Gasteiger partial charge in [0.2, 0.25) is 12.6 Å². The van der Waals surface area contributed by atoms with Gasteiger partial charge in [0.25, 0.3) is 0 Å². The third-order valence-corrected chi connectivity index (χ3v) is 5.60. The van der Waals surface area contributed by atoms with Crippen LogP contribution in [0.4, 0.5) is 0 Å². The average Bonchev–Trinajstić information content (AvgIpc) is 3.00. The van der Waals surface area contributed by atoms with E-state index in [0.29, 0.717) is 12.0 Å². The van der Waals surface area contributed by atoms with Crippen molar-refractivity contribution in [3.63, 3.8) is 0 Å². The predicted molar refractivity (Wildman–Crippen MR) is 94.4 cm³/mol. The number of methoxy groups -OCH3 is 1. The van der Waals surface area contributed by atoms with Crippen molar-refractivity contribution in [1.29, 1.82) is 0 Å². The van der Waals surface area contributed by atoms with Gasteiger partial charge in [-0.05, 0) is 12.5 Å². The van der Waals surface area contributed by atoms with E-state index in [1.807, 2.05) is 6.92 Å². The number of aliphatic hydroxyl groups excluding tert-OH is 3. The van der Waals surface area contributed by atoms with Crippen LogP contribution in [-0.2, 0) is 33.3 Å².